The van der Waals surface area contributed by atoms with Crippen LogP contribution in [0.25, 0.3) is 10.9 Å². The summed E-state index contributed by atoms with van der Waals surface area (Å²) in [5.41, 5.74) is 2.56. The van der Waals surface area contributed by atoms with E-state index in [1.54, 1.807) is 0 Å². The molecule has 1 aromatic carbocycles. The molecular weight excluding hydrogens is 220 g/mol. The van der Waals surface area contributed by atoms with Gasteiger partial charge in [-0.3, -0.25) is 0 Å². The Kier molecular flexibility index (Phi) is 4.84. The Bertz CT molecular complexity index is 434. The predicted molar refractivity (Wildman–Crippen MR) is 72.1 cm³/mol. The molecule has 0 aliphatic rings. The summed E-state index contributed by atoms with van der Waals surface area (Å²) in [4.78, 5) is 3.20. The van der Waals surface area contributed by atoms with E-state index in [4.69, 9.17) is 0 Å². The lowest BCUT2D eigenvalue weighted by atomic mass is 10.1. The van der Waals surface area contributed by atoms with E-state index in [2.05, 4.69) is 48.4 Å². The van der Waals surface area contributed by atoms with Gasteiger partial charge in [0.1, 0.15) is 0 Å². The highest BCUT2D eigenvalue weighted by Gasteiger charge is 1.97. The molecule has 3 heteroatoms. The van der Waals surface area contributed by atoms with Crippen molar-refractivity contribution in [3.05, 3.63) is 36.0 Å². The van der Waals surface area contributed by atoms with Gasteiger partial charge in [-0.05, 0) is 41.6 Å². The number of halogens is 1. The Morgan fingerprint density at radius 2 is 2.06 bits per heavy atom. The zero-order chi connectivity index (χ0) is 10.7. The molecule has 16 heavy (non-hydrogen) atoms. The second kappa shape index (κ2) is 5.92. The minimum Gasteiger partial charge on any atom is -0.361 e. The van der Waals surface area contributed by atoms with Gasteiger partial charge in [0, 0.05) is 18.3 Å². The Morgan fingerprint density at radius 1 is 1.25 bits per heavy atom. The third-order valence-electron chi connectivity index (χ3n) is 2.50. The van der Waals surface area contributed by atoms with Crippen LogP contribution in [0.1, 0.15) is 19.4 Å². The van der Waals surface area contributed by atoms with Crippen LogP contribution in [0.15, 0.2) is 30.5 Å². The van der Waals surface area contributed by atoms with Crippen molar-refractivity contribution in [3.63, 3.8) is 0 Å². The SMILES string of the molecule is CC(C)CNCc1ccc2[nH]ccc2c1.Cl. The average molecular weight is 239 g/mol. The number of aromatic nitrogens is 1. The first-order chi connectivity index (χ1) is 7.25. The van der Waals surface area contributed by atoms with Crippen LogP contribution in [-0.4, -0.2) is 11.5 Å². The molecule has 0 atom stereocenters. The first-order valence-corrected chi connectivity index (χ1v) is 5.52. The van der Waals surface area contributed by atoms with Gasteiger partial charge < -0.3 is 10.3 Å². The minimum absolute atomic E-state index is 0. The third kappa shape index (κ3) is 3.26. The normalized spacial score (nSPS) is 10.7. The smallest absolute Gasteiger partial charge is 0.0454 e. The lowest BCUT2D eigenvalue weighted by molar-refractivity contribution is 0.552. The number of H-pyrrole nitrogens is 1. The number of hydrogen-bond donors (Lipinski definition) is 2. The topological polar surface area (TPSA) is 27.8 Å². The quantitative estimate of drug-likeness (QED) is 0.840. The summed E-state index contributed by atoms with van der Waals surface area (Å²) in [6.07, 6.45) is 1.98. The van der Waals surface area contributed by atoms with E-state index < -0.39 is 0 Å². The number of hydrogen-bond acceptors (Lipinski definition) is 1. The van der Waals surface area contributed by atoms with Gasteiger partial charge in [-0.15, -0.1) is 12.4 Å². The molecular formula is C13H19ClN2. The lowest BCUT2D eigenvalue weighted by Crippen LogP contribution is -2.18. The summed E-state index contributed by atoms with van der Waals surface area (Å²) in [6.45, 7) is 6.48. The van der Waals surface area contributed by atoms with E-state index in [0.717, 1.165) is 13.1 Å². The highest BCUT2D eigenvalue weighted by Crippen LogP contribution is 2.13. The summed E-state index contributed by atoms with van der Waals surface area (Å²) in [5, 5.41) is 4.74. The summed E-state index contributed by atoms with van der Waals surface area (Å²) < 4.78 is 0. The van der Waals surface area contributed by atoms with Crippen molar-refractivity contribution in [2.75, 3.05) is 6.54 Å². The molecule has 2 aromatic rings. The van der Waals surface area contributed by atoms with Crippen LogP contribution in [0.2, 0.25) is 0 Å². The van der Waals surface area contributed by atoms with Crippen LogP contribution in [0.4, 0.5) is 0 Å². The van der Waals surface area contributed by atoms with Gasteiger partial charge in [0.15, 0.2) is 0 Å². The van der Waals surface area contributed by atoms with E-state index >= 15 is 0 Å². The van der Waals surface area contributed by atoms with Crippen LogP contribution < -0.4 is 5.32 Å². The van der Waals surface area contributed by atoms with E-state index in [-0.39, 0.29) is 12.4 Å². The minimum atomic E-state index is 0. The third-order valence-corrected chi connectivity index (χ3v) is 2.50. The van der Waals surface area contributed by atoms with Crippen molar-refractivity contribution in [3.8, 4) is 0 Å². The summed E-state index contributed by atoms with van der Waals surface area (Å²) >= 11 is 0. The largest absolute Gasteiger partial charge is 0.361 e. The highest BCUT2D eigenvalue weighted by atomic mass is 35.5. The Morgan fingerprint density at radius 3 is 2.81 bits per heavy atom. The maximum absolute atomic E-state index is 3.45. The van der Waals surface area contributed by atoms with E-state index in [9.17, 15) is 0 Å². The molecule has 88 valence electrons. The summed E-state index contributed by atoms with van der Waals surface area (Å²) in [7, 11) is 0. The standard InChI is InChI=1S/C13H18N2.ClH/c1-10(2)8-14-9-11-3-4-13-12(7-11)5-6-15-13;/h3-7,10,14-15H,8-9H2,1-2H3;1H. The van der Waals surface area contributed by atoms with Crippen molar-refractivity contribution >= 4 is 23.3 Å². The summed E-state index contributed by atoms with van der Waals surface area (Å²) in [6, 6.07) is 8.66. The molecule has 0 saturated carbocycles. The Labute approximate surface area is 103 Å². The molecule has 0 aliphatic carbocycles. The van der Waals surface area contributed by atoms with Gasteiger partial charge >= 0.3 is 0 Å². The van der Waals surface area contributed by atoms with Crippen molar-refractivity contribution in [1.29, 1.82) is 0 Å². The number of fused-ring (bicyclic) bond motifs is 1. The molecule has 0 unspecified atom stereocenters. The monoisotopic (exact) mass is 238 g/mol. The van der Waals surface area contributed by atoms with Crippen molar-refractivity contribution in [2.24, 2.45) is 5.92 Å². The molecule has 0 spiro atoms. The first kappa shape index (κ1) is 13.1. The van der Waals surface area contributed by atoms with Crippen molar-refractivity contribution < 1.29 is 0 Å². The fraction of sp³-hybridized carbons (Fsp3) is 0.385. The van der Waals surface area contributed by atoms with Crippen molar-refractivity contribution in [2.45, 2.75) is 20.4 Å². The van der Waals surface area contributed by atoms with Gasteiger partial charge in [-0.25, -0.2) is 0 Å². The van der Waals surface area contributed by atoms with Crippen LogP contribution in [0, 0.1) is 5.92 Å². The summed E-state index contributed by atoms with van der Waals surface area (Å²) in [5.74, 6) is 0.709. The van der Waals surface area contributed by atoms with Crippen molar-refractivity contribution in [1.82, 2.24) is 10.3 Å². The number of rotatable bonds is 4. The van der Waals surface area contributed by atoms with Gasteiger partial charge in [0.25, 0.3) is 0 Å². The molecule has 0 bridgehead atoms. The van der Waals surface area contributed by atoms with E-state index in [1.165, 1.54) is 16.5 Å². The fourth-order valence-corrected chi connectivity index (χ4v) is 1.72. The molecule has 0 radical (unpaired) electrons. The molecule has 0 fully saturated rings. The van der Waals surface area contributed by atoms with Gasteiger partial charge in [-0.2, -0.15) is 0 Å². The molecule has 0 amide bonds. The van der Waals surface area contributed by atoms with Crippen LogP contribution in [-0.2, 0) is 6.54 Å². The molecule has 1 heterocycles. The zero-order valence-corrected chi connectivity index (χ0v) is 10.6. The molecule has 2 N–H and O–H groups in total. The molecule has 2 nitrogen and oxygen atoms in total. The maximum Gasteiger partial charge on any atom is 0.0454 e. The zero-order valence-electron chi connectivity index (χ0n) is 9.79. The molecule has 0 saturated heterocycles. The second-order valence-electron chi connectivity index (χ2n) is 4.42. The Hall–Kier alpha value is -0.990. The molecule has 2 rings (SSSR count). The maximum atomic E-state index is 3.45. The molecule has 0 aliphatic heterocycles. The van der Waals surface area contributed by atoms with Crippen LogP contribution >= 0.6 is 12.4 Å². The Balaban J connectivity index is 0.00000128. The van der Waals surface area contributed by atoms with E-state index in [0.29, 0.717) is 5.92 Å². The van der Waals surface area contributed by atoms with Crippen LogP contribution in [0.5, 0.6) is 0 Å². The second-order valence-corrected chi connectivity index (χ2v) is 4.42. The van der Waals surface area contributed by atoms with Gasteiger partial charge in [0.05, 0.1) is 0 Å². The number of nitrogens with one attached hydrogen (secondary N) is 2. The average Bonchev–Trinajstić information content (AvgIpc) is 2.64. The fourth-order valence-electron chi connectivity index (χ4n) is 1.72. The number of aromatic amines is 1. The first-order valence-electron chi connectivity index (χ1n) is 5.52. The lowest BCUT2D eigenvalue weighted by Gasteiger charge is -2.07. The highest BCUT2D eigenvalue weighted by molar-refractivity contribution is 5.85. The van der Waals surface area contributed by atoms with Crippen LogP contribution in [0.3, 0.4) is 0 Å². The van der Waals surface area contributed by atoms with Gasteiger partial charge in [0.2, 0.25) is 0 Å². The molecule has 1 aromatic heterocycles. The number of benzene rings is 1. The van der Waals surface area contributed by atoms with Gasteiger partial charge in [-0.1, -0.05) is 19.9 Å². The van der Waals surface area contributed by atoms with E-state index in [1.807, 2.05) is 6.20 Å². The predicted octanol–water partition coefficient (Wildman–Crippen LogP) is 3.34.